The van der Waals surface area contributed by atoms with Gasteiger partial charge < -0.3 is 28.5 Å². The van der Waals surface area contributed by atoms with Crippen LogP contribution in [-0.4, -0.2) is 36.5 Å². The van der Waals surface area contributed by atoms with E-state index >= 15 is 0 Å². The van der Waals surface area contributed by atoms with Crippen LogP contribution in [0.15, 0.2) is 0 Å². The Balaban J connectivity index is 0. The van der Waals surface area contributed by atoms with Crippen LogP contribution in [0.5, 0.6) is 0 Å². The summed E-state index contributed by atoms with van der Waals surface area (Å²) in [5.74, 6) is 0.827. The van der Waals surface area contributed by atoms with Gasteiger partial charge in [-0.1, -0.05) is 52.9 Å². The van der Waals surface area contributed by atoms with Gasteiger partial charge in [0, 0.05) is 0 Å². The third-order valence-corrected chi connectivity index (χ3v) is 4.94. The van der Waals surface area contributed by atoms with Gasteiger partial charge in [0.05, 0.1) is 32.1 Å². The summed E-state index contributed by atoms with van der Waals surface area (Å²) >= 11 is 6.16. The van der Waals surface area contributed by atoms with Gasteiger partial charge in [-0.05, 0) is 38.5 Å². The van der Waals surface area contributed by atoms with Crippen LogP contribution in [0.4, 0.5) is 0 Å². The Morgan fingerprint density at radius 2 is 0.909 bits per heavy atom. The minimum Gasteiger partial charge on any atom is -1.00 e. The van der Waals surface area contributed by atoms with E-state index in [9.17, 15) is 0 Å². The van der Waals surface area contributed by atoms with Crippen LogP contribution in [0.3, 0.4) is 0 Å². The van der Waals surface area contributed by atoms with Crippen LogP contribution < -0.4 is 24.0 Å². The molecule has 136 valence electrons. The van der Waals surface area contributed by atoms with Gasteiger partial charge in [0.2, 0.25) is 0 Å². The lowest BCUT2D eigenvalue weighted by molar-refractivity contribution is -0.926. The molecule has 22 heavy (non-hydrogen) atoms. The zero-order chi connectivity index (χ0) is 15.8. The van der Waals surface area contributed by atoms with E-state index < -0.39 is 0 Å². The number of quaternary nitrogens is 1. The molecule has 0 saturated carbocycles. The van der Waals surface area contributed by atoms with Gasteiger partial charge in [-0.15, -0.1) is 11.6 Å². The number of alkyl halides is 1. The average molecular weight is 446 g/mol. The van der Waals surface area contributed by atoms with Crippen LogP contribution in [0.1, 0.15) is 91.4 Å². The second kappa shape index (κ2) is 18.3. The van der Waals surface area contributed by atoms with Crippen molar-refractivity contribution in [1.82, 2.24) is 0 Å². The van der Waals surface area contributed by atoms with Crippen molar-refractivity contribution in [1.29, 1.82) is 0 Å². The van der Waals surface area contributed by atoms with Crippen molar-refractivity contribution >= 4 is 11.6 Å². The normalized spacial score (nSPS) is 11.5. The molecule has 0 aromatic rings. The number of halogens is 2. The maximum Gasteiger partial charge on any atom is 0.0924 e. The molecule has 0 radical (unpaired) electrons. The van der Waals surface area contributed by atoms with Crippen molar-refractivity contribution in [2.75, 3.05) is 32.1 Å². The highest BCUT2D eigenvalue weighted by Gasteiger charge is 2.25. The first-order valence-corrected chi connectivity index (χ1v) is 10.2. The van der Waals surface area contributed by atoms with Crippen LogP contribution in [0.2, 0.25) is 0 Å². The topological polar surface area (TPSA) is 0 Å². The zero-order valence-electron chi connectivity index (χ0n) is 15.5. The fraction of sp³-hybridized carbons (Fsp3) is 1.00. The number of unbranched alkanes of at least 4 members (excludes halogenated alkanes) is 8. The second-order valence-electron chi connectivity index (χ2n) is 6.75. The van der Waals surface area contributed by atoms with E-state index in [-0.39, 0.29) is 24.0 Å². The van der Waals surface area contributed by atoms with Crippen LogP contribution in [-0.2, 0) is 0 Å². The van der Waals surface area contributed by atoms with E-state index in [1.807, 2.05) is 0 Å². The van der Waals surface area contributed by atoms with E-state index in [0.717, 1.165) is 5.88 Å². The van der Waals surface area contributed by atoms with Crippen LogP contribution in [0, 0.1) is 0 Å². The molecule has 0 fully saturated rings. The predicted molar refractivity (Wildman–Crippen MR) is 98.3 cm³/mol. The van der Waals surface area contributed by atoms with Crippen molar-refractivity contribution in [3.8, 4) is 0 Å². The molecule has 0 aliphatic carbocycles. The third kappa shape index (κ3) is 13.4. The zero-order valence-corrected chi connectivity index (χ0v) is 18.4. The van der Waals surface area contributed by atoms with Crippen molar-refractivity contribution in [3.05, 3.63) is 0 Å². The molecule has 0 aliphatic heterocycles. The smallest absolute Gasteiger partial charge is 0.0924 e. The molecular weight excluding hydrogens is 405 g/mol. The summed E-state index contributed by atoms with van der Waals surface area (Å²) in [5.41, 5.74) is 0. The molecule has 0 unspecified atom stereocenters. The molecule has 1 nitrogen and oxygen atoms in total. The monoisotopic (exact) mass is 445 g/mol. The Bertz CT molecular complexity index is 200. The third-order valence-electron chi connectivity index (χ3n) is 4.77. The van der Waals surface area contributed by atoms with E-state index in [0.29, 0.717) is 0 Å². The molecule has 0 rings (SSSR count). The largest absolute Gasteiger partial charge is 1.00 e. The summed E-state index contributed by atoms with van der Waals surface area (Å²) in [7, 11) is 0. The Kier molecular flexibility index (Phi) is 21.0. The lowest BCUT2D eigenvalue weighted by atomic mass is 10.1. The lowest BCUT2D eigenvalue weighted by Crippen LogP contribution is -3.00. The lowest BCUT2D eigenvalue weighted by Gasteiger charge is -2.39. The fourth-order valence-electron chi connectivity index (χ4n) is 3.30. The summed E-state index contributed by atoms with van der Waals surface area (Å²) in [6.45, 7) is 12.2. The highest BCUT2D eigenvalue weighted by molar-refractivity contribution is 6.17. The summed E-state index contributed by atoms with van der Waals surface area (Å²) in [4.78, 5) is 0. The molecule has 0 bridgehead atoms. The van der Waals surface area contributed by atoms with Gasteiger partial charge in [0.15, 0.2) is 0 Å². The molecule has 0 aliphatic rings. The van der Waals surface area contributed by atoms with E-state index in [1.54, 1.807) is 0 Å². The molecule has 0 atom stereocenters. The molecule has 0 N–H and O–H groups in total. The van der Waals surface area contributed by atoms with Crippen molar-refractivity contribution in [2.45, 2.75) is 91.4 Å². The summed E-state index contributed by atoms with van der Waals surface area (Å²) < 4.78 is 1.30. The fourth-order valence-corrected chi connectivity index (χ4v) is 3.65. The molecule has 3 heteroatoms. The molecule has 0 aromatic carbocycles. The van der Waals surface area contributed by atoms with Gasteiger partial charge in [-0.3, -0.25) is 0 Å². The van der Waals surface area contributed by atoms with Gasteiger partial charge in [-0.25, -0.2) is 0 Å². The maximum absolute atomic E-state index is 6.16. The average Bonchev–Trinajstić information content (AvgIpc) is 2.49. The Morgan fingerprint density at radius 3 is 1.27 bits per heavy atom. The first kappa shape index (κ1) is 25.2. The molecule has 0 amide bonds. The van der Waals surface area contributed by atoms with E-state index in [1.165, 1.54) is 101 Å². The number of rotatable bonds is 16. The van der Waals surface area contributed by atoms with Crippen LogP contribution in [0.25, 0.3) is 0 Å². The van der Waals surface area contributed by atoms with Gasteiger partial charge in [0.25, 0.3) is 0 Å². The summed E-state index contributed by atoms with van der Waals surface area (Å²) in [6, 6.07) is 0. The number of nitrogens with zero attached hydrogens (tertiary/aromatic N) is 1. The molecular formula is C19H41ClIN. The van der Waals surface area contributed by atoms with Gasteiger partial charge in [-0.2, -0.15) is 0 Å². The second-order valence-corrected chi connectivity index (χ2v) is 7.13. The first-order valence-electron chi connectivity index (χ1n) is 9.65. The van der Waals surface area contributed by atoms with E-state index in [4.69, 9.17) is 11.6 Å². The first-order chi connectivity index (χ1) is 10.2. The minimum absolute atomic E-state index is 0. The SMILES string of the molecule is CCCCCC[N+](CCCl)(CCCCC)CCCCCC.[I-]. The van der Waals surface area contributed by atoms with Crippen molar-refractivity contribution in [2.24, 2.45) is 0 Å². The molecule has 0 aromatic heterocycles. The standard InChI is InChI=1S/C19H41ClN.HI/c1-4-7-10-13-17-21(19-15-20,16-12-9-6-3)18-14-11-8-5-2;/h4-19H2,1-3H3;1H/q+1;/p-1. The van der Waals surface area contributed by atoms with Crippen LogP contribution >= 0.6 is 11.6 Å². The Morgan fingerprint density at radius 1 is 0.545 bits per heavy atom. The van der Waals surface area contributed by atoms with Gasteiger partial charge in [0.1, 0.15) is 0 Å². The minimum atomic E-state index is 0. The quantitative estimate of drug-likeness (QED) is 0.148. The molecule has 0 heterocycles. The van der Waals surface area contributed by atoms with Gasteiger partial charge >= 0.3 is 0 Å². The maximum atomic E-state index is 6.16. The highest BCUT2D eigenvalue weighted by atomic mass is 127. The highest BCUT2D eigenvalue weighted by Crippen LogP contribution is 2.17. The number of hydrogen-bond donors (Lipinski definition) is 0. The Hall–Kier alpha value is 0.980. The molecule has 0 saturated heterocycles. The van der Waals surface area contributed by atoms with E-state index in [2.05, 4.69) is 20.8 Å². The van der Waals surface area contributed by atoms with Crippen molar-refractivity contribution in [3.63, 3.8) is 0 Å². The molecule has 0 spiro atoms. The Labute approximate surface area is 163 Å². The predicted octanol–water partition coefficient (Wildman–Crippen LogP) is 3.40. The summed E-state index contributed by atoms with van der Waals surface area (Å²) in [5, 5.41) is 0. The number of hydrogen-bond acceptors (Lipinski definition) is 0. The summed E-state index contributed by atoms with van der Waals surface area (Å²) in [6.07, 6.45) is 15.1. The van der Waals surface area contributed by atoms with Crippen molar-refractivity contribution < 1.29 is 28.5 Å².